The van der Waals surface area contributed by atoms with Gasteiger partial charge in [-0.3, -0.25) is 0 Å². The number of rotatable bonds is 5. The van der Waals surface area contributed by atoms with Crippen LogP contribution in [0.15, 0.2) is 23.1 Å². The molecule has 1 heterocycles. The summed E-state index contributed by atoms with van der Waals surface area (Å²) in [5.41, 5.74) is 0.453. The van der Waals surface area contributed by atoms with Crippen molar-refractivity contribution in [2.75, 3.05) is 26.0 Å². The number of hydrogen-bond acceptors (Lipinski definition) is 5. The van der Waals surface area contributed by atoms with Crippen LogP contribution in [0.1, 0.15) is 19.3 Å². The highest BCUT2D eigenvalue weighted by molar-refractivity contribution is 7.99. The fourth-order valence-electron chi connectivity index (χ4n) is 3.35. The van der Waals surface area contributed by atoms with Gasteiger partial charge in [0.25, 0.3) is 0 Å². The van der Waals surface area contributed by atoms with E-state index in [0.29, 0.717) is 5.41 Å². The van der Waals surface area contributed by atoms with Crippen LogP contribution in [0, 0.1) is 11.3 Å². The molecule has 2 unspecified atom stereocenters. The Balaban J connectivity index is 1.53. The summed E-state index contributed by atoms with van der Waals surface area (Å²) in [4.78, 5) is 1.11. The molecule has 1 saturated heterocycles. The third kappa shape index (κ3) is 3.52. The SMILES string of the molecule is COc1ccc(Cl)cc1SCC1CC12CCN([S+](N)[O-])CC2. The number of halogens is 1. The number of thioether (sulfide) groups is 1. The summed E-state index contributed by atoms with van der Waals surface area (Å²) in [7, 11) is 1.69. The number of ether oxygens (including phenoxy) is 1. The third-order valence-corrected chi connectivity index (χ3v) is 7.21. The van der Waals surface area contributed by atoms with Crippen molar-refractivity contribution in [3.05, 3.63) is 23.2 Å². The second kappa shape index (κ2) is 6.79. The Morgan fingerprint density at radius 3 is 2.86 bits per heavy atom. The molecule has 1 aromatic carbocycles. The molecular weight excluding hydrogens is 340 g/mol. The van der Waals surface area contributed by atoms with Crippen molar-refractivity contribution >= 4 is 34.9 Å². The van der Waals surface area contributed by atoms with Gasteiger partial charge in [-0.25, -0.2) is 0 Å². The van der Waals surface area contributed by atoms with Crippen LogP contribution in [0.3, 0.4) is 0 Å². The largest absolute Gasteiger partial charge is 0.579 e. The van der Waals surface area contributed by atoms with Crippen molar-refractivity contribution in [3.8, 4) is 5.75 Å². The monoisotopic (exact) mass is 360 g/mol. The van der Waals surface area contributed by atoms with Gasteiger partial charge in [0.1, 0.15) is 17.3 Å². The van der Waals surface area contributed by atoms with Gasteiger partial charge < -0.3 is 9.29 Å². The summed E-state index contributed by atoms with van der Waals surface area (Å²) in [6.45, 7) is 1.70. The minimum Gasteiger partial charge on any atom is -0.579 e. The van der Waals surface area contributed by atoms with Crippen molar-refractivity contribution < 1.29 is 9.29 Å². The molecule has 2 fully saturated rings. The molecule has 2 N–H and O–H groups in total. The summed E-state index contributed by atoms with van der Waals surface area (Å²) in [6, 6.07) is 5.74. The molecule has 0 radical (unpaired) electrons. The summed E-state index contributed by atoms with van der Waals surface area (Å²) in [5.74, 6) is 2.70. The Morgan fingerprint density at radius 1 is 1.50 bits per heavy atom. The van der Waals surface area contributed by atoms with Crippen molar-refractivity contribution in [3.63, 3.8) is 0 Å². The Morgan fingerprint density at radius 2 is 2.23 bits per heavy atom. The number of nitrogens with two attached hydrogens (primary N) is 1. The number of benzene rings is 1. The normalized spacial score (nSPS) is 25.2. The highest BCUT2D eigenvalue weighted by Gasteiger charge is 2.55. The van der Waals surface area contributed by atoms with Crippen molar-refractivity contribution in [2.24, 2.45) is 16.5 Å². The second-order valence-corrected chi connectivity index (χ2v) is 8.64. The Kier molecular flexibility index (Phi) is 5.17. The van der Waals surface area contributed by atoms with Gasteiger partial charge >= 0.3 is 0 Å². The lowest BCUT2D eigenvalue weighted by Crippen LogP contribution is -2.43. The maximum atomic E-state index is 11.3. The van der Waals surface area contributed by atoms with Crippen LogP contribution in [-0.2, 0) is 11.5 Å². The van der Waals surface area contributed by atoms with E-state index >= 15 is 0 Å². The van der Waals surface area contributed by atoms with Crippen molar-refractivity contribution in [1.29, 1.82) is 0 Å². The van der Waals surface area contributed by atoms with E-state index in [4.69, 9.17) is 21.5 Å². The highest BCUT2D eigenvalue weighted by Crippen LogP contribution is 2.61. The standard InChI is InChI=1S/C15H21ClN2O2S2/c1-20-13-3-2-12(16)8-14(13)21-10-11-9-15(11)4-6-18(7-5-15)22(17)19/h2-3,8,11H,4-7,9-10,17H2,1H3. The van der Waals surface area contributed by atoms with Gasteiger partial charge in [-0.1, -0.05) is 11.6 Å². The molecule has 22 heavy (non-hydrogen) atoms. The summed E-state index contributed by atoms with van der Waals surface area (Å²) in [6.07, 6.45) is 3.48. The molecule has 4 nitrogen and oxygen atoms in total. The number of methoxy groups -OCH3 is 1. The molecule has 1 spiro atoms. The van der Waals surface area contributed by atoms with Crippen LogP contribution in [-0.4, -0.2) is 34.8 Å². The van der Waals surface area contributed by atoms with Gasteiger partial charge in [0.15, 0.2) is 0 Å². The van der Waals surface area contributed by atoms with E-state index in [2.05, 4.69) is 0 Å². The molecule has 0 bridgehead atoms. The third-order valence-electron chi connectivity index (χ3n) is 4.90. The average Bonchev–Trinajstić information content (AvgIpc) is 3.18. The predicted octanol–water partition coefficient (Wildman–Crippen LogP) is 3.08. The van der Waals surface area contributed by atoms with E-state index in [1.165, 1.54) is 6.42 Å². The lowest BCUT2D eigenvalue weighted by atomic mass is 9.92. The van der Waals surface area contributed by atoms with E-state index in [0.717, 1.165) is 53.3 Å². The minimum absolute atomic E-state index is 0.453. The van der Waals surface area contributed by atoms with Crippen LogP contribution in [0.5, 0.6) is 5.75 Å². The fraction of sp³-hybridized carbons (Fsp3) is 0.600. The zero-order valence-corrected chi connectivity index (χ0v) is 15.0. The van der Waals surface area contributed by atoms with E-state index in [1.807, 2.05) is 34.3 Å². The fourth-order valence-corrected chi connectivity index (χ4v) is 5.48. The van der Waals surface area contributed by atoms with Gasteiger partial charge in [-0.2, -0.15) is 0 Å². The van der Waals surface area contributed by atoms with Gasteiger partial charge in [-0.15, -0.1) is 21.2 Å². The average molecular weight is 361 g/mol. The summed E-state index contributed by atoms with van der Waals surface area (Å²) >= 11 is 6.59. The van der Waals surface area contributed by atoms with E-state index in [-0.39, 0.29) is 0 Å². The maximum absolute atomic E-state index is 11.3. The lowest BCUT2D eigenvalue weighted by molar-refractivity contribution is 0.244. The van der Waals surface area contributed by atoms with Gasteiger partial charge in [0.2, 0.25) is 0 Å². The van der Waals surface area contributed by atoms with Gasteiger partial charge in [0, 0.05) is 23.9 Å². The molecule has 1 aromatic rings. The number of hydrogen-bond donors (Lipinski definition) is 1. The molecule has 0 aromatic heterocycles. The molecule has 1 saturated carbocycles. The number of piperidine rings is 1. The molecular formula is C15H21ClN2O2S2. The zero-order chi connectivity index (χ0) is 15.7. The minimum atomic E-state index is -1.31. The molecule has 122 valence electrons. The maximum Gasteiger partial charge on any atom is 0.134 e. The highest BCUT2D eigenvalue weighted by atomic mass is 35.5. The predicted molar refractivity (Wildman–Crippen MR) is 92.4 cm³/mol. The molecule has 2 atom stereocenters. The van der Waals surface area contributed by atoms with E-state index < -0.39 is 11.5 Å². The molecule has 2 aliphatic rings. The van der Waals surface area contributed by atoms with Crippen LogP contribution in [0.2, 0.25) is 5.02 Å². The first-order valence-corrected chi connectivity index (χ1v) is 9.95. The van der Waals surface area contributed by atoms with Gasteiger partial charge in [0.05, 0.1) is 12.0 Å². The van der Waals surface area contributed by atoms with Crippen LogP contribution >= 0.6 is 23.4 Å². The van der Waals surface area contributed by atoms with Gasteiger partial charge in [-0.05, 0) is 48.8 Å². The Hall–Kier alpha value is -0.110. The molecule has 3 rings (SSSR count). The first-order valence-electron chi connectivity index (χ1n) is 7.42. The molecule has 7 heteroatoms. The lowest BCUT2D eigenvalue weighted by Gasteiger charge is -2.30. The van der Waals surface area contributed by atoms with Crippen LogP contribution in [0.4, 0.5) is 0 Å². The molecule has 1 aliphatic carbocycles. The summed E-state index contributed by atoms with van der Waals surface area (Å²) < 4.78 is 18.6. The van der Waals surface area contributed by atoms with Crippen LogP contribution < -0.4 is 9.88 Å². The quantitative estimate of drug-likeness (QED) is 0.645. The first kappa shape index (κ1) is 16.7. The smallest absolute Gasteiger partial charge is 0.134 e. The van der Waals surface area contributed by atoms with E-state index in [1.54, 1.807) is 7.11 Å². The van der Waals surface area contributed by atoms with E-state index in [9.17, 15) is 4.55 Å². The zero-order valence-electron chi connectivity index (χ0n) is 12.6. The molecule has 1 aliphatic heterocycles. The Labute approximate surface area is 144 Å². The molecule has 0 amide bonds. The Bertz CT molecular complexity index is 536. The second-order valence-electron chi connectivity index (χ2n) is 6.07. The summed E-state index contributed by atoms with van der Waals surface area (Å²) in [5, 5.41) is 6.20. The van der Waals surface area contributed by atoms with Crippen molar-refractivity contribution in [1.82, 2.24) is 4.31 Å². The first-order chi connectivity index (χ1) is 10.5. The topological polar surface area (TPSA) is 61.5 Å². The number of nitrogens with zero attached hydrogens (tertiary/aromatic N) is 1. The van der Waals surface area contributed by atoms with Crippen LogP contribution in [0.25, 0.3) is 0 Å². The van der Waals surface area contributed by atoms with Crippen molar-refractivity contribution in [2.45, 2.75) is 24.2 Å².